The van der Waals surface area contributed by atoms with Crippen molar-refractivity contribution in [2.24, 2.45) is 17.8 Å². The standard InChI is InChI=1S/C11H18O/c12-11-6-2-1-3-9(11)7-8-4-5-10(8)11/h8-10,12H,1-7H2/t8-,9+,10-,11+/m0/s1. The summed E-state index contributed by atoms with van der Waals surface area (Å²) in [6.07, 6.45) is 9.13. The van der Waals surface area contributed by atoms with Gasteiger partial charge in [-0.1, -0.05) is 12.8 Å². The van der Waals surface area contributed by atoms with Crippen molar-refractivity contribution in [3.63, 3.8) is 0 Å². The molecule has 0 radical (unpaired) electrons. The second kappa shape index (κ2) is 2.25. The van der Waals surface area contributed by atoms with Crippen molar-refractivity contribution >= 4 is 0 Å². The highest BCUT2D eigenvalue weighted by atomic mass is 16.3. The van der Waals surface area contributed by atoms with E-state index in [1.54, 1.807) is 0 Å². The van der Waals surface area contributed by atoms with Crippen molar-refractivity contribution < 1.29 is 5.11 Å². The van der Waals surface area contributed by atoms with Crippen molar-refractivity contribution in [2.75, 3.05) is 0 Å². The molecule has 12 heavy (non-hydrogen) atoms. The molecule has 4 atom stereocenters. The number of fused-ring (bicyclic) bond motifs is 3. The molecular weight excluding hydrogens is 148 g/mol. The van der Waals surface area contributed by atoms with Crippen LogP contribution >= 0.6 is 0 Å². The van der Waals surface area contributed by atoms with Gasteiger partial charge >= 0.3 is 0 Å². The van der Waals surface area contributed by atoms with Crippen LogP contribution in [0.4, 0.5) is 0 Å². The van der Waals surface area contributed by atoms with Gasteiger partial charge in [-0.25, -0.2) is 0 Å². The molecule has 0 aromatic heterocycles. The average Bonchev–Trinajstić information content (AvgIpc) is 2.18. The normalized spacial score (nSPS) is 57.2. The lowest BCUT2D eigenvalue weighted by molar-refractivity contribution is -0.0858. The van der Waals surface area contributed by atoms with Crippen LogP contribution in [0.5, 0.6) is 0 Å². The monoisotopic (exact) mass is 166 g/mol. The molecule has 1 nitrogen and oxygen atoms in total. The molecule has 1 N–H and O–H groups in total. The summed E-state index contributed by atoms with van der Waals surface area (Å²) in [7, 11) is 0. The van der Waals surface area contributed by atoms with Gasteiger partial charge < -0.3 is 5.11 Å². The third kappa shape index (κ3) is 0.736. The minimum Gasteiger partial charge on any atom is -0.389 e. The van der Waals surface area contributed by atoms with E-state index < -0.39 is 0 Å². The molecule has 3 saturated carbocycles. The Balaban J connectivity index is 1.89. The third-order valence-electron chi connectivity index (χ3n) is 4.73. The van der Waals surface area contributed by atoms with Crippen LogP contribution in [0.2, 0.25) is 0 Å². The third-order valence-corrected chi connectivity index (χ3v) is 4.73. The van der Waals surface area contributed by atoms with Crippen molar-refractivity contribution in [1.29, 1.82) is 0 Å². The lowest BCUT2D eigenvalue weighted by atomic mass is 9.67. The van der Waals surface area contributed by atoms with Crippen LogP contribution in [0, 0.1) is 17.8 Å². The van der Waals surface area contributed by atoms with Gasteiger partial charge in [-0.3, -0.25) is 0 Å². The first-order valence-electron chi connectivity index (χ1n) is 5.53. The molecule has 1 heteroatoms. The van der Waals surface area contributed by atoms with Gasteiger partial charge in [0, 0.05) is 0 Å². The van der Waals surface area contributed by atoms with E-state index >= 15 is 0 Å². The van der Waals surface area contributed by atoms with Gasteiger partial charge in [-0.15, -0.1) is 0 Å². The maximum absolute atomic E-state index is 10.5. The highest BCUT2D eigenvalue weighted by Crippen LogP contribution is 2.59. The first-order chi connectivity index (χ1) is 5.81. The largest absolute Gasteiger partial charge is 0.389 e. The quantitative estimate of drug-likeness (QED) is 0.585. The summed E-state index contributed by atoms with van der Waals surface area (Å²) >= 11 is 0. The molecular formula is C11H18O. The van der Waals surface area contributed by atoms with Crippen LogP contribution in [-0.4, -0.2) is 10.7 Å². The van der Waals surface area contributed by atoms with E-state index in [1.165, 1.54) is 38.5 Å². The van der Waals surface area contributed by atoms with Gasteiger partial charge in [0.2, 0.25) is 0 Å². The van der Waals surface area contributed by atoms with E-state index in [9.17, 15) is 5.11 Å². The van der Waals surface area contributed by atoms with Crippen molar-refractivity contribution in [2.45, 2.75) is 50.5 Å². The highest BCUT2D eigenvalue weighted by Gasteiger charge is 2.57. The second-order valence-electron chi connectivity index (χ2n) is 5.11. The molecule has 0 aliphatic heterocycles. The molecule has 0 amide bonds. The van der Waals surface area contributed by atoms with E-state index in [4.69, 9.17) is 0 Å². The summed E-state index contributed by atoms with van der Waals surface area (Å²) in [5.41, 5.74) is -0.193. The predicted molar refractivity (Wildman–Crippen MR) is 47.7 cm³/mol. The molecule has 0 spiro atoms. The Kier molecular flexibility index (Phi) is 1.39. The SMILES string of the molecule is O[C@]12CCCC[C@@H]1C[C@@H]1CC[C@@H]12. The summed E-state index contributed by atoms with van der Waals surface area (Å²) in [6, 6.07) is 0. The Hall–Kier alpha value is -0.0400. The molecule has 3 aliphatic carbocycles. The van der Waals surface area contributed by atoms with Crippen LogP contribution in [-0.2, 0) is 0 Å². The predicted octanol–water partition coefficient (Wildman–Crippen LogP) is 2.34. The number of aliphatic hydroxyl groups is 1. The number of rotatable bonds is 0. The van der Waals surface area contributed by atoms with Crippen LogP contribution in [0.25, 0.3) is 0 Å². The van der Waals surface area contributed by atoms with Gasteiger partial charge in [0.25, 0.3) is 0 Å². The van der Waals surface area contributed by atoms with Crippen LogP contribution in [0.1, 0.15) is 44.9 Å². The van der Waals surface area contributed by atoms with Crippen molar-refractivity contribution in [1.82, 2.24) is 0 Å². The molecule has 0 aromatic rings. The smallest absolute Gasteiger partial charge is 0.0706 e. The van der Waals surface area contributed by atoms with Gasteiger partial charge in [0.1, 0.15) is 0 Å². The van der Waals surface area contributed by atoms with Gasteiger partial charge in [0.15, 0.2) is 0 Å². The Bertz CT molecular complexity index is 201. The fourth-order valence-electron chi connectivity index (χ4n) is 3.94. The molecule has 0 heterocycles. The zero-order valence-corrected chi connectivity index (χ0v) is 7.63. The Morgan fingerprint density at radius 1 is 1.08 bits per heavy atom. The summed E-state index contributed by atoms with van der Waals surface area (Å²) in [6.45, 7) is 0. The molecule has 3 fully saturated rings. The fraction of sp³-hybridized carbons (Fsp3) is 1.00. The van der Waals surface area contributed by atoms with E-state index in [-0.39, 0.29) is 5.60 Å². The first-order valence-corrected chi connectivity index (χ1v) is 5.53. The van der Waals surface area contributed by atoms with E-state index in [0.717, 1.165) is 12.3 Å². The Morgan fingerprint density at radius 3 is 2.75 bits per heavy atom. The molecule has 0 bridgehead atoms. The fourth-order valence-corrected chi connectivity index (χ4v) is 3.94. The van der Waals surface area contributed by atoms with E-state index in [2.05, 4.69) is 0 Å². The molecule has 3 rings (SSSR count). The minimum atomic E-state index is -0.193. The molecule has 0 aromatic carbocycles. The van der Waals surface area contributed by atoms with E-state index in [0.29, 0.717) is 11.8 Å². The van der Waals surface area contributed by atoms with Crippen molar-refractivity contribution in [3.05, 3.63) is 0 Å². The van der Waals surface area contributed by atoms with Crippen molar-refractivity contribution in [3.8, 4) is 0 Å². The van der Waals surface area contributed by atoms with Crippen LogP contribution < -0.4 is 0 Å². The van der Waals surface area contributed by atoms with Gasteiger partial charge in [0.05, 0.1) is 5.60 Å². The second-order valence-corrected chi connectivity index (χ2v) is 5.11. The van der Waals surface area contributed by atoms with Crippen LogP contribution in [0.15, 0.2) is 0 Å². The van der Waals surface area contributed by atoms with Crippen LogP contribution in [0.3, 0.4) is 0 Å². The van der Waals surface area contributed by atoms with Gasteiger partial charge in [-0.05, 0) is 49.9 Å². The lowest BCUT2D eigenvalue weighted by Gasteiger charge is -2.43. The molecule has 0 saturated heterocycles. The Morgan fingerprint density at radius 2 is 2.00 bits per heavy atom. The summed E-state index contributed by atoms with van der Waals surface area (Å²) < 4.78 is 0. The number of hydrogen-bond acceptors (Lipinski definition) is 1. The average molecular weight is 166 g/mol. The minimum absolute atomic E-state index is 0.193. The summed E-state index contributed by atoms with van der Waals surface area (Å²) in [4.78, 5) is 0. The molecule has 0 unspecified atom stereocenters. The Labute approximate surface area is 74.2 Å². The topological polar surface area (TPSA) is 20.2 Å². The lowest BCUT2D eigenvalue weighted by Crippen LogP contribution is -2.45. The highest BCUT2D eigenvalue weighted by molar-refractivity contribution is 5.08. The molecule has 3 aliphatic rings. The zero-order chi connectivity index (χ0) is 8.18. The van der Waals surface area contributed by atoms with Gasteiger partial charge in [-0.2, -0.15) is 0 Å². The summed E-state index contributed by atoms with van der Waals surface area (Å²) in [5, 5.41) is 10.5. The number of hydrogen-bond donors (Lipinski definition) is 1. The summed E-state index contributed by atoms with van der Waals surface area (Å²) in [5.74, 6) is 2.31. The zero-order valence-electron chi connectivity index (χ0n) is 7.63. The maximum Gasteiger partial charge on any atom is 0.0706 e. The first kappa shape index (κ1) is 7.37. The molecule has 68 valence electrons. The van der Waals surface area contributed by atoms with E-state index in [1.807, 2.05) is 0 Å². The maximum atomic E-state index is 10.5.